The van der Waals surface area contributed by atoms with Gasteiger partial charge < -0.3 is 14.8 Å². The predicted octanol–water partition coefficient (Wildman–Crippen LogP) is 3.28. The molecule has 10 nitrogen and oxygen atoms in total. The Morgan fingerprint density at radius 2 is 2.06 bits per heavy atom. The molecule has 1 aliphatic heterocycles. The predicted molar refractivity (Wildman–Crippen MR) is 121 cm³/mol. The number of amides is 1. The van der Waals surface area contributed by atoms with Crippen LogP contribution in [0, 0.1) is 6.92 Å². The van der Waals surface area contributed by atoms with Gasteiger partial charge in [0, 0.05) is 17.9 Å². The van der Waals surface area contributed by atoms with Gasteiger partial charge in [-0.1, -0.05) is 19.4 Å². The molecule has 0 saturated heterocycles. The lowest BCUT2D eigenvalue weighted by Gasteiger charge is -2.24. The fourth-order valence-electron chi connectivity index (χ4n) is 4.04. The molecule has 3 aromatic heterocycles. The second-order valence-electron chi connectivity index (χ2n) is 7.99. The number of rotatable bonds is 7. The minimum atomic E-state index is -0.165. The highest BCUT2D eigenvalue weighted by Crippen LogP contribution is 2.40. The molecule has 0 saturated carbocycles. The number of unbranched alkanes of at least 4 members (excludes halogenated alkanes) is 1. The Hall–Kier alpha value is -3.95. The van der Waals surface area contributed by atoms with Crippen LogP contribution in [0.15, 0.2) is 36.5 Å². The van der Waals surface area contributed by atoms with Crippen LogP contribution < -0.4 is 14.8 Å². The normalized spacial score (nSPS) is 15.4. The van der Waals surface area contributed by atoms with E-state index in [2.05, 4.69) is 32.6 Å². The van der Waals surface area contributed by atoms with E-state index in [4.69, 9.17) is 9.47 Å². The molecule has 1 aliphatic rings. The van der Waals surface area contributed by atoms with Crippen molar-refractivity contribution in [1.82, 2.24) is 29.6 Å². The van der Waals surface area contributed by atoms with Crippen LogP contribution in [-0.2, 0) is 4.79 Å². The lowest BCUT2D eigenvalue weighted by molar-refractivity contribution is -0.116. The molecule has 0 spiro atoms. The summed E-state index contributed by atoms with van der Waals surface area (Å²) in [5.74, 6) is 2.94. The first-order chi connectivity index (χ1) is 16.1. The standard InChI is InChI=1S/C23H25N7O3/c1-4-5-10-33-18-7-6-15(11-19(18)32-3)16-12-22(31)25-23-17(16)13-24-30(23)21-9-8-20-27-26-14(2)29(20)28-21/h6-9,11,13,16H,4-5,10,12H2,1-3H3,(H,25,31). The average Bonchev–Trinajstić information content (AvgIpc) is 3.42. The maximum Gasteiger partial charge on any atom is 0.226 e. The van der Waals surface area contributed by atoms with E-state index in [9.17, 15) is 4.79 Å². The molecule has 1 unspecified atom stereocenters. The largest absolute Gasteiger partial charge is 0.493 e. The molecule has 170 valence electrons. The number of methoxy groups -OCH3 is 1. The number of aromatic nitrogens is 6. The highest BCUT2D eigenvalue weighted by Gasteiger charge is 2.31. The SMILES string of the molecule is CCCCOc1ccc(C2CC(=O)Nc3c2cnn3-c2ccc3nnc(C)n3n2)cc1OC. The molecule has 1 N–H and O–H groups in total. The Bertz CT molecular complexity index is 1330. The van der Waals surface area contributed by atoms with Crippen LogP contribution in [-0.4, -0.2) is 49.2 Å². The van der Waals surface area contributed by atoms with Gasteiger partial charge in [0.25, 0.3) is 0 Å². The van der Waals surface area contributed by atoms with Crippen LogP contribution in [0.1, 0.15) is 49.1 Å². The lowest BCUT2D eigenvalue weighted by atomic mass is 9.87. The number of nitrogens with zero attached hydrogens (tertiary/aromatic N) is 6. The molecular weight excluding hydrogens is 422 g/mol. The van der Waals surface area contributed by atoms with Crippen molar-refractivity contribution in [3.8, 4) is 17.3 Å². The van der Waals surface area contributed by atoms with Crippen molar-refractivity contribution in [3.63, 3.8) is 0 Å². The van der Waals surface area contributed by atoms with E-state index in [0.29, 0.717) is 47.6 Å². The number of fused-ring (bicyclic) bond motifs is 2. The van der Waals surface area contributed by atoms with Crippen molar-refractivity contribution in [2.45, 2.75) is 39.0 Å². The first-order valence-electron chi connectivity index (χ1n) is 11.0. The van der Waals surface area contributed by atoms with E-state index >= 15 is 0 Å². The van der Waals surface area contributed by atoms with Crippen LogP contribution in [0.5, 0.6) is 11.5 Å². The Kier molecular flexibility index (Phi) is 5.41. The first kappa shape index (κ1) is 20.9. The molecular formula is C23H25N7O3. The summed E-state index contributed by atoms with van der Waals surface area (Å²) in [5.41, 5.74) is 2.52. The van der Waals surface area contributed by atoms with Crippen molar-refractivity contribution in [2.24, 2.45) is 0 Å². The summed E-state index contributed by atoms with van der Waals surface area (Å²) in [6.45, 7) is 4.59. The van der Waals surface area contributed by atoms with Gasteiger partial charge in [-0.2, -0.15) is 14.3 Å². The number of aryl methyl sites for hydroxylation is 1. The Balaban J connectivity index is 1.51. The van der Waals surface area contributed by atoms with Crippen LogP contribution in [0.25, 0.3) is 11.5 Å². The Morgan fingerprint density at radius 3 is 2.88 bits per heavy atom. The smallest absolute Gasteiger partial charge is 0.226 e. The highest BCUT2D eigenvalue weighted by atomic mass is 16.5. The van der Waals surface area contributed by atoms with Crippen LogP contribution in [0.3, 0.4) is 0 Å². The molecule has 4 heterocycles. The molecule has 1 aromatic carbocycles. The fourth-order valence-corrected chi connectivity index (χ4v) is 4.04. The van der Waals surface area contributed by atoms with Crippen LogP contribution in [0.2, 0.25) is 0 Å². The average molecular weight is 447 g/mol. The molecule has 0 aliphatic carbocycles. The van der Waals surface area contributed by atoms with Crippen molar-refractivity contribution >= 4 is 17.4 Å². The zero-order valence-corrected chi connectivity index (χ0v) is 18.8. The summed E-state index contributed by atoms with van der Waals surface area (Å²) in [4.78, 5) is 12.7. The lowest BCUT2D eigenvalue weighted by Crippen LogP contribution is -2.25. The van der Waals surface area contributed by atoms with Crippen molar-refractivity contribution in [1.29, 1.82) is 0 Å². The third-order valence-corrected chi connectivity index (χ3v) is 5.79. The van der Waals surface area contributed by atoms with Gasteiger partial charge in [-0.15, -0.1) is 15.3 Å². The van der Waals surface area contributed by atoms with Gasteiger partial charge in [0.1, 0.15) is 5.82 Å². The molecule has 1 atom stereocenters. The zero-order valence-electron chi connectivity index (χ0n) is 18.8. The summed E-state index contributed by atoms with van der Waals surface area (Å²) in [5, 5.41) is 20.2. The van der Waals surface area contributed by atoms with Crippen LogP contribution in [0.4, 0.5) is 5.82 Å². The fraction of sp³-hybridized carbons (Fsp3) is 0.348. The second-order valence-corrected chi connectivity index (χ2v) is 7.99. The van der Waals surface area contributed by atoms with E-state index in [1.54, 1.807) is 28.6 Å². The van der Waals surface area contributed by atoms with Crippen molar-refractivity contribution < 1.29 is 14.3 Å². The maximum absolute atomic E-state index is 12.7. The highest BCUT2D eigenvalue weighted by molar-refractivity contribution is 5.94. The Labute approximate surface area is 190 Å². The number of nitrogens with one attached hydrogen (secondary N) is 1. The monoisotopic (exact) mass is 447 g/mol. The topological polar surface area (TPSA) is 108 Å². The number of ether oxygens (including phenoxy) is 2. The molecule has 0 fully saturated rings. The van der Waals surface area contributed by atoms with E-state index in [1.807, 2.05) is 31.2 Å². The van der Waals surface area contributed by atoms with Gasteiger partial charge in [0.2, 0.25) is 5.91 Å². The van der Waals surface area contributed by atoms with Gasteiger partial charge in [-0.05, 0) is 43.2 Å². The van der Waals surface area contributed by atoms with E-state index in [-0.39, 0.29) is 11.8 Å². The number of carbonyl (C=O) groups excluding carboxylic acids is 1. The van der Waals surface area contributed by atoms with Crippen LogP contribution >= 0.6 is 0 Å². The zero-order chi connectivity index (χ0) is 22.9. The van der Waals surface area contributed by atoms with Crippen molar-refractivity contribution in [3.05, 3.63) is 53.5 Å². The number of hydrogen-bond acceptors (Lipinski definition) is 7. The quantitative estimate of drug-likeness (QED) is 0.433. The molecule has 5 rings (SSSR count). The molecule has 10 heteroatoms. The summed E-state index contributed by atoms with van der Waals surface area (Å²) >= 11 is 0. The number of anilines is 1. The van der Waals surface area contributed by atoms with Gasteiger partial charge in [-0.3, -0.25) is 4.79 Å². The summed E-state index contributed by atoms with van der Waals surface area (Å²) in [7, 11) is 1.62. The summed E-state index contributed by atoms with van der Waals surface area (Å²) < 4.78 is 14.7. The Morgan fingerprint density at radius 1 is 1.18 bits per heavy atom. The molecule has 4 aromatic rings. The third kappa shape index (κ3) is 3.77. The van der Waals surface area contributed by atoms with E-state index < -0.39 is 0 Å². The number of benzene rings is 1. The van der Waals surface area contributed by atoms with Gasteiger partial charge in [-0.25, -0.2) is 0 Å². The molecule has 0 bridgehead atoms. The second kappa shape index (κ2) is 8.53. The molecule has 0 radical (unpaired) electrons. The minimum Gasteiger partial charge on any atom is -0.493 e. The summed E-state index contributed by atoms with van der Waals surface area (Å²) in [6.07, 6.45) is 4.13. The minimum absolute atomic E-state index is 0.0851. The van der Waals surface area contributed by atoms with Gasteiger partial charge in [0.15, 0.2) is 28.8 Å². The van der Waals surface area contributed by atoms with Gasteiger partial charge in [0.05, 0.1) is 19.9 Å². The van der Waals surface area contributed by atoms with E-state index in [1.165, 1.54) is 0 Å². The van der Waals surface area contributed by atoms with E-state index in [0.717, 1.165) is 24.0 Å². The number of hydrogen-bond donors (Lipinski definition) is 1. The number of carbonyl (C=O) groups is 1. The van der Waals surface area contributed by atoms with Gasteiger partial charge >= 0.3 is 0 Å². The molecule has 1 amide bonds. The first-order valence-corrected chi connectivity index (χ1v) is 11.0. The maximum atomic E-state index is 12.7. The molecule has 33 heavy (non-hydrogen) atoms. The summed E-state index contributed by atoms with van der Waals surface area (Å²) in [6, 6.07) is 9.46. The third-order valence-electron chi connectivity index (χ3n) is 5.79. The van der Waals surface area contributed by atoms with Crippen molar-refractivity contribution in [2.75, 3.05) is 19.0 Å².